The second-order valence-corrected chi connectivity index (χ2v) is 10.5. The predicted octanol–water partition coefficient (Wildman–Crippen LogP) is 9.28. The first-order valence-corrected chi connectivity index (χ1v) is 13.5. The summed E-state index contributed by atoms with van der Waals surface area (Å²) in [4.78, 5) is 10.3. The average Bonchev–Trinajstić information content (AvgIpc) is 3.54. The second kappa shape index (κ2) is 8.37. The Labute approximate surface area is 223 Å². The van der Waals surface area contributed by atoms with Crippen LogP contribution < -0.4 is 0 Å². The maximum Gasteiger partial charge on any atom is 0.160 e. The topological polar surface area (TPSA) is 30.7 Å². The van der Waals surface area contributed by atoms with Gasteiger partial charge in [0.05, 0.1) is 31.6 Å². The van der Waals surface area contributed by atoms with Gasteiger partial charge in [-0.2, -0.15) is 0 Å². The first-order valence-electron chi connectivity index (χ1n) is 12.7. The standard InChI is InChI=1S/C34H21N3S/c1-4-12-22(13-5-1)29-33-30(36-34(35-29)23-14-6-2-7-15-23)27-21-20-26-25-18-10-11-19-28(25)37(31(26)32(27)38-33)24-16-8-3-9-17-24/h1-21H. The van der Waals surface area contributed by atoms with E-state index in [1.807, 2.05) is 24.3 Å². The van der Waals surface area contributed by atoms with Crippen LogP contribution >= 0.6 is 11.3 Å². The Hall–Kier alpha value is -4.80. The van der Waals surface area contributed by atoms with Crippen LogP contribution in [0.25, 0.3) is 70.4 Å². The summed E-state index contributed by atoms with van der Waals surface area (Å²) in [7, 11) is 0. The first-order chi connectivity index (χ1) is 18.9. The van der Waals surface area contributed by atoms with Crippen molar-refractivity contribution >= 4 is 53.4 Å². The molecule has 8 rings (SSSR count). The highest BCUT2D eigenvalue weighted by Gasteiger charge is 2.21. The van der Waals surface area contributed by atoms with E-state index in [0.717, 1.165) is 43.9 Å². The van der Waals surface area contributed by atoms with Gasteiger partial charge in [-0.05, 0) is 18.2 Å². The Balaban J connectivity index is 1.55. The van der Waals surface area contributed by atoms with Gasteiger partial charge in [0.1, 0.15) is 0 Å². The molecule has 38 heavy (non-hydrogen) atoms. The average molecular weight is 504 g/mol. The van der Waals surface area contributed by atoms with Crippen LogP contribution in [0.5, 0.6) is 0 Å². The van der Waals surface area contributed by atoms with Crippen LogP contribution in [0.2, 0.25) is 0 Å². The Morgan fingerprint density at radius 2 is 1.13 bits per heavy atom. The molecule has 0 fully saturated rings. The molecular weight excluding hydrogens is 482 g/mol. The normalized spacial score (nSPS) is 11.7. The second-order valence-electron chi connectivity index (χ2n) is 9.43. The third-order valence-corrected chi connectivity index (χ3v) is 8.42. The van der Waals surface area contributed by atoms with Gasteiger partial charge in [-0.15, -0.1) is 11.3 Å². The number of hydrogen-bond acceptors (Lipinski definition) is 3. The molecule has 0 spiro atoms. The van der Waals surface area contributed by atoms with Crippen molar-refractivity contribution in [3.63, 3.8) is 0 Å². The molecule has 8 aromatic rings. The van der Waals surface area contributed by atoms with Crippen molar-refractivity contribution in [1.82, 2.24) is 14.5 Å². The lowest BCUT2D eigenvalue weighted by molar-refractivity contribution is 1.19. The molecule has 0 unspecified atom stereocenters. The fourth-order valence-electron chi connectivity index (χ4n) is 5.50. The van der Waals surface area contributed by atoms with E-state index in [0.29, 0.717) is 0 Å². The zero-order chi connectivity index (χ0) is 25.1. The van der Waals surface area contributed by atoms with Gasteiger partial charge in [0.15, 0.2) is 5.82 Å². The molecule has 0 amide bonds. The van der Waals surface area contributed by atoms with Crippen molar-refractivity contribution in [3.05, 3.63) is 127 Å². The Morgan fingerprint density at radius 3 is 1.89 bits per heavy atom. The van der Waals surface area contributed by atoms with Crippen LogP contribution in [0.4, 0.5) is 0 Å². The van der Waals surface area contributed by atoms with Crippen molar-refractivity contribution < 1.29 is 0 Å². The summed E-state index contributed by atoms with van der Waals surface area (Å²) in [5.41, 5.74) is 7.68. The number of hydrogen-bond donors (Lipinski definition) is 0. The molecule has 0 N–H and O–H groups in total. The molecule has 3 heterocycles. The molecule has 0 saturated heterocycles. The quantitative estimate of drug-likeness (QED) is 0.240. The summed E-state index contributed by atoms with van der Waals surface area (Å²) in [5.74, 6) is 0.750. The molecule has 4 heteroatoms. The maximum absolute atomic E-state index is 5.17. The van der Waals surface area contributed by atoms with Crippen LogP contribution in [0.3, 0.4) is 0 Å². The molecule has 178 valence electrons. The Morgan fingerprint density at radius 1 is 0.500 bits per heavy atom. The zero-order valence-corrected chi connectivity index (χ0v) is 21.2. The molecular formula is C34H21N3S. The maximum atomic E-state index is 5.17. The van der Waals surface area contributed by atoms with E-state index in [1.54, 1.807) is 11.3 Å². The fraction of sp³-hybridized carbons (Fsp3) is 0. The summed E-state index contributed by atoms with van der Waals surface area (Å²) in [6, 6.07) is 44.6. The molecule has 0 bridgehead atoms. The molecule has 5 aromatic carbocycles. The van der Waals surface area contributed by atoms with Gasteiger partial charge in [-0.3, -0.25) is 0 Å². The lowest BCUT2D eigenvalue weighted by atomic mass is 10.1. The minimum Gasteiger partial charge on any atom is -0.308 e. The SMILES string of the molecule is c1ccc(-c2nc(-c3ccccc3)c3sc4c(ccc5c6ccccc6n(-c6ccccc6)c54)c3n2)cc1. The van der Waals surface area contributed by atoms with E-state index in [4.69, 9.17) is 9.97 Å². The summed E-state index contributed by atoms with van der Waals surface area (Å²) in [5, 5.41) is 3.67. The van der Waals surface area contributed by atoms with Gasteiger partial charge in [0, 0.05) is 33.0 Å². The Kier molecular flexibility index (Phi) is 4.69. The molecule has 0 atom stereocenters. The van der Waals surface area contributed by atoms with Gasteiger partial charge in [0.2, 0.25) is 0 Å². The van der Waals surface area contributed by atoms with Crippen LogP contribution in [0.15, 0.2) is 127 Å². The number of thiophene rings is 1. The molecule has 3 aromatic heterocycles. The lowest BCUT2D eigenvalue weighted by Gasteiger charge is -2.08. The minimum absolute atomic E-state index is 0.750. The van der Waals surface area contributed by atoms with Crippen LogP contribution in [-0.4, -0.2) is 14.5 Å². The molecule has 0 aliphatic rings. The van der Waals surface area contributed by atoms with Crippen molar-refractivity contribution in [2.24, 2.45) is 0 Å². The van der Waals surface area contributed by atoms with Gasteiger partial charge >= 0.3 is 0 Å². The zero-order valence-electron chi connectivity index (χ0n) is 20.4. The van der Waals surface area contributed by atoms with E-state index in [2.05, 4.69) is 108 Å². The third-order valence-electron chi connectivity index (χ3n) is 7.21. The highest BCUT2D eigenvalue weighted by molar-refractivity contribution is 7.27. The van der Waals surface area contributed by atoms with Crippen molar-refractivity contribution in [3.8, 4) is 28.3 Å². The van der Waals surface area contributed by atoms with E-state index in [1.165, 1.54) is 26.5 Å². The molecule has 0 radical (unpaired) electrons. The van der Waals surface area contributed by atoms with Gasteiger partial charge in [-0.1, -0.05) is 109 Å². The van der Waals surface area contributed by atoms with Crippen LogP contribution in [0, 0.1) is 0 Å². The first kappa shape index (κ1) is 21.3. The van der Waals surface area contributed by atoms with Crippen molar-refractivity contribution in [1.29, 1.82) is 0 Å². The summed E-state index contributed by atoms with van der Waals surface area (Å²) in [6.45, 7) is 0. The number of fused-ring (bicyclic) bond motifs is 7. The molecule has 0 aliphatic heterocycles. The summed E-state index contributed by atoms with van der Waals surface area (Å²) in [6.07, 6.45) is 0. The number of aromatic nitrogens is 3. The number of nitrogens with zero attached hydrogens (tertiary/aromatic N) is 3. The summed E-state index contributed by atoms with van der Waals surface area (Å²) < 4.78 is 4.74. The third kappa shape index (κ3) is 3.14. The van der Waals surface area contributed by atoms with Crippen LogP contribution in [-0.2, 0) is 0 Å². The fourth-order valence-corrected chi connectivity index (χ4v) is 6.79. The highest BCUT2D eigenvalue weighted by atomic mass is 32.1. The highest BCUT2D eigenvalue weighted by Crippen LogP contribution is 2.45. The van der Waals surface area contributed by atoms with Crippen molar-refractivity contribution in [2.75, 3.05) is 0 Å². The van der Waals surface area contributed by atoms with E-state index in [-0.39, 0.29) is 0 Å². The minimum atomic E-state index is 0.750. The van der Waals surface area contributed by atoms with Gasteiger partial charge in [0.25, 0.3) is 0 Å². The van der Waals surface area contributed by atoms with Gasteiger partial charge < -0.3 is 4.57 Å². The largest absolute Gasteiger partial charge is 0.308 e. The van der Waals surface area contributed by atoms with E-state index < -0.39 is 0 Å². The smallest absolute Gasteiger partial charge is 0.160 e. The van der Waals surface area contributed by atoms with E-state index in [9.17, 15) is 0 Å². The monoisotopic (exact) mass is 503 g/mol. The van der Waals surface area contributed by atoms with Crippen LogP contribution in [0.1, 0.15) is 0 Å². The summed E-state index contributed by atoms with van der Waals surface area (Å²) >= 11 is 1.79. The number of rotatable bonds is 3. The molecule has 0 saturated carbocycles. The van der Waals surface area contributed by atoms with Gasteiger partial charge in [-0.25, -0.2) is 9.97 Å². The van der Waals surface area contributed by atoms with E-state index >= 15 is 0 Å². The molecule has 3 nitrogen and oxygen atoms in total. The lowest BCUT2D eigenvalue weighted by Crippen LogP contribution is -1.93. The van der Waals surface area contributed by atoms with Crippen molar-refractivity contribution in [2.45, 2.75) is 0 Å². The number of benzene rings is 5. The number of para-hydroxylation sites is 2. The Bertz CT molecular complexity index is 2110. The predicted molar refractivity (Wildman–Crippen MR) is 160 cm³/mol. The molecule has 0 aliphatic carbocycles.